The van der Waals surface area contributed by atoms with Crippen molar-refractivity contribution in [3.63, 3.8) is 0 Å². The fourth-order valence-electron chi connectivity index (χ4n) is 3.04. The molecule has 2 nitrogen and oxygen atoms in total. The van der Waals surface area contributed by atoms with Gasteiger partial charge >= 0.3 is 41.5 Å². The topological polar surface area (TPSA) is 24.7 Å². The Balaban J connectivity index is 0.000000415. The summed E-state index contributed by atoms with van der Waals surface area (Å²) < 4.78 is 0. The molecule has 130 valence electrons. The summed E-state index contributed by atoms with van der Waals surface area (Å²) in [5.41, 5.74) is 7.54. The molecule has 0 aliphatic carbocycles. The largest absolute Gasteiger partial charge is 0.318 e. The molecule has 2 aromatic carbocycles. The number of benzene rings is 2. The molecule has 0 radical (unpaired) electrons. The summed E-state index contributed by atoms with van der Waals surface area (Å²) in [7, 11) is 14.8. The monoisotopic (exact) mass is 430 g/mol. The first-order chi connectivity index (χ1) is 12.1. The third kappa shape index (κ3) is 5.58. The van der Waals surface area contributed by atoms with Crippen LogP contribution in [0.4, 0.5) is 11.4 Å². The van der Waals surface area contributed by atoms with Gasteiger partial charge in [-0.05, 0) is 34.7 Å². The molecule has 2 aliphatic rings. The summed E-state index contributed by atoms with van der Waals surface area (Å²) in [5, 5.41) is 0. The molecule has 0 atom stereocenters. The Bertz CT molecular complexity index is 737. The Morgan fingerprint density at radius 1 is 0.760 bits per heavy atom. The number of hydrogen-bond donors (Lipinski definition) is 0. The van der Waals surface area contributed by atoms with E-state index < -0.39 is 11.4 Å². The summed E-state index contributed by atoms with van der Waals surface area (Å²) in [6, 6.07) is 16.8. The Hall–Kier alpha value is -0.818. The number of para-hydroxylation sites is 2. The van der Waals surface area contributed by atoms with Gasteiger partial charge in [0, 0.05) is 12.8 Å². The number of fused-ring (bicyclic) bond motifs is 2. The van der Waals surface area contributed by atoms with Crippen LogP contribution >= 0.6 is 30.1 Å². The van der Waals surface area contributed by atoms with Crippen LogP contribution in [-0.2, 0) is 24.2 Å². The van der Waals surface area contributed by atoms with Crippen LogP contribution in [0.15, 0.2) is 58.5 Å². The van der Waals surface area contributed by atoms with Crippen molar-refractivity contribution in [2.75, 3.05) is 0 Å². The second-order valence-corrected chi connectivity index (χ2v) is 12.2. The Morgan fingerprint density at radius 2 is 1.16 bits per heavy atom. The summed E-state index contributed by atoms with van der Waals surface area (Å²) in [4.78, 5) is 9.40. The van der Waals surface area contributed by atoms with E-state index in [1.807, 2.05) is 0 Å². The van der Waals surface area contributed by atoms with E-state index in [4.69, 9.17) is 40.1 Å². The van der Waals surface area contributed by atoms with E-state index in [9.17, 15) is 0 Å². The SMILES string of the molecule is [Cl][Cr+]([Cl])[Cl].c1ccc2c(c1)CC(C[CH-]CC1=Nc3ccccc3C1)=N2. The van der Waals surface area contributed by atoms with Crippen LogP contribution < -0.4 is 0 Å². The Kier molecular flexibility index (Phi) is 6.99. The Labute approximate surface area is 165 Å². The molecule has 0 saturated heterocycles. The molecule has 0 N–H and O–H groups in total. The van der Waals surface area contributed by atoms with E-state index in [0.29, 0.717) is 0 Å². The maximum Gasteiger partial charge on any atom is 0.0663 e. The molecule has 6 heteroatoms. The summed E-state index contributed by atoms with van der Waals surface area (Å²) >= 11 is -1.62. The standard InChI is InChI=1S/C19H17N2.3ClH.Cr/c1-3-10-18-14(6-1)12-16(20-18)8-5-9-17-13-15-7-2-4-11-19(15)21-17;;;;/h1-7,10-11H,8-9,12-13H2;3*1H;/q-1;;;;+4/p-3. The quantitative estimate of drug-likeness (QED) is 0.482. The Morgan fingerprint density at radius 3 is 1.56 bits per heavy atom. The van der Waals surface area contributed by atoms with Crippen LogP contribution in [0.25, 0.3) is 0 Å². The van der Waals surface area contributed by atoms with Gasteiger partial charge in [-0.3, -0.25) is 9.98 Å². The van der Waals surface area contributed by atoms with Crippen LogP contribution in [0.3, 0.4) is 0 Å². The van der Waals surface area contributed by atoms with Crippen molar-refractivity contribution in [1.29, 1.82) is 0 Å². The van der Waals surface area contributed by atoms with Gasteiger partial charge in [-0.25, -0.2) is 0 Å². The van der Waals surface area contributed by atoms with E-state index >= 15 is 0 Å². The van der Waals surface area contributed by atoms with E-state index in [0.717, 1.165) is 37.1 Å². The van der Waals surface area contributed by atoms with Gasteiger partial charge in [-0.15, -0.1) is 12.8 Å². The molecule has 0 spiro atoms. The fraction of sp³-hybridized carbons (Fsp3) is 0.211. The zero-order valence-electron chi connectivity index (χ0n) is 13.5. The van der Waals surface area contributed by atoms with Gasteiger partial charge < -0.3 is 6.42 Å². The minimum absolute atomic E-state index is 0.962. The number of rotatable bonds is 4. The fourth-order valence-corrected chi connectivity index (χ4v) is 3.04. The summed E-state index contributed by atoms with van der Waals surface area (Å²) in [5.74, 6) is 0. The molecular formula is C19H17Cl3CrN2. The third-order valence-electron chi connectivity index (χ3n) is 4.09. The first-order valence-electron chi connectivity index (χ1n) is 7.95. The maximum absolute atomic E-state index is 4.93. The molecule has 25 heavy (non-hydrogen) atoms. The molecule has 2 aromatic rings. The summed E-state index contributed by atoms with van der Waals surface area (Å²) in [6.07, 6.45) is 6.24. The number of halogens is 3. The number of hydrogen-bond acceptors (Lipinski definition) is 2. The molecule has 0 aromatic heterocycles. The van der Waals surface area contributed by atoms with Gasteiger partial charge in [0.1, 0.15) is 0 Å². The van der Waals surface area contributed by atoms with Gasteiger partial charge in [-0.2, -0.15) is 0 Å². The van der Waals surface area contributed by atoms with Gasteiger partial charge in [0.25, 0.3) is 0 Å². The van der Waals surface area contributed by atoms with E-state index in [1.165, 1.54) is 22.6 Å². The van der Waals surface area contributed by atoms with Crippen molar-refractivity contribution >= 4 is 52.9 Å². The van der Waals surface area contributed by atoms with Crippen LogP contribution in [-0.4, -0.2) is 11.4 Å². The van der Waals surface area contributed by atoms with Crippen LogP contribution in [0.2, 0.25) is 0 Å². The minimum atomic E-state index is -1.62. The average molecular weight is 432 g/mol. The second-order valence-electron chi connectivity index (χ2n) is 5.84. The molecule has 4 rings (SSSR count). The van der Waals surface area contributed by atoms with Crippen LogP contribution in [0, 0.1) is 6.42 Å². The molecule has 0 bridgehead atoms. The zero-order chi connectivity index (χ0) is 17.6. The van der Waals surface area contributed by atoms with Crippen molar-refractivity contribution in [3.8, 4) is 0 Å². The third-order valence-corrected chi connectivity index (χ3v) is 4.09. The second kappa shape index (κ2) is 9.22. The molecular weight excluding hydrogens is 415 g/mol. The average Bonchev–Trinajstić information content (AvgIpc) is 3.16. The van der Waals surface area contributed by atoms with Gasteiger partial charge in [0.05, 0.1) is 11.4 Å². The van der Waals surface area contributed by atoms with Crippen molar-refractivity contribution in [3.05, 3.63) is 66.1 Å². The number of nitrogens with zero attached hydrogens (tertiary/aromatic N) is 2. The van der Waals surface area contributed by atoms with Gasteiger partial charge in [-0.1, -0.05) is 36.4 Å². The molecule has 0 fully saturated rings. The van der Waals surface area contributed by atoms with E-state index in [1.54, 1.807) is 0 Å². The normalized spacial score (nSPS) is 14.4. The molecule has 0 unspecified atom stereocenters. The van der Waals surface area contributed by atoms with Crippen molar-refractivity contribution in [1.82, 2.24) is 0 Å². The molecule has 0 saturated carbocycles. The molecule has 2 aliphatic heterocycles. The predicted molar refractivity (Wildman–Crippen MR) is 106 cm³/mol. The van der Waals surface area contributed by atoms with E-state index in [2.05, 4.69) is 55.0 Å². The maximum atomic E-state index is 4.93. The van der Waals surface area contributed by atoms with Crippen molar-refractivity contribution < 1.29 is 11.4 Å². The van der Waals surface area contributed by atoms with E-state index in [-0.39, 0.29) is 0 Å². The summed E-state index contributed by atoms with van der Waals surface area (Å²) in [6.45, 7) is 0. The number of aliphatic imine (C=N–C) groups is 2. The van der Waals surface area contributed by atoms with Crippen LogP contribution in [0.1, 0.15) is 24.0 Å². The van der Waals surface area contributed by atoms with Crippen molar-refractivity contribution in [2.24, 2.45) is 9.98 Å². The smallest absolute Gasteiger partial charge is 0.0663 e. The van der Waals surface area contributed by atoms with Gasteiger partial charge in [0.15, 0.2) is 0 Å². The first kappa shape index (κ1) is 19.0. The minimum Gasteiger partial charge on any atom is -0.318 e. The van der Waals surface area contributed by atoms with Crippen molar-refractivity contribution in [2.45, 2.75) is 25.7 Å². The first-order valence-corrected chi connectivity index (χ1v) is 13.2. The van der Waals surface area contributed by atoms with Crippen LogP contribution in [0.5, 0.6) is 0 Å². The molecule has 0 amide bonds. The molecule has 2 heterocycles. The predicted octanol–water partition coefficient (Wildman–Crippen LogP) is 6.69. The van der Waals surface area contributed by atoms with Gasteiger partial charge in [0.2, 0.25) is 0 Å². The zero-order valence-corrected chi connectivity index (χ0v) is 17.0.